The highest BCUT2D eigenvalue weighted by atomic mass is 16.5. The number of urea groups is 1. The molecule has 0 saturated carbocycles. The van der Waals surface area contributed by atoms with E-state index in [1.165, 1.54) is 19.3 Å². The first-order chi connectivity index (χ1) is 14.7. The van der Waals surface area contributed by atoms with Crippen molar-refractivity contribution in [3.63, 3.8) is 0 Å². The van der Waals surface area contributed by atoms with Crippen LogP contribution in [0.4, 0.5) is 16.2 Å². The van der Waals surface area contributed by atoms with Crippen LogP contribution in [0.15, 0.2) is 42.5 Å². The zero-order valence-electron chi connectivity index (χ0n) is 17.9. The second-order valence-corrected chi connectivity index (χ2v) is 7.95. The van der Waals surface area contributed by atoms with Crippen molar-refractivity contribution in [3.05, 3.63) is 48.0 Å². The summed E-state index contributed by atoms with van der Waals surface area (Å²) in [7, 11) is 3.32. The van der Waals surface area contributed by atoms with Gasteiger partial charge in [-0.05, 0) is 62.4 Å². The van der Waals surface area contributed by atoms with E-state index in [4.69, 9.17) is 9.47 Å². The van der Waals surface area contributed by atoms with Gasteiger partial charge in [0.2, 0.25) is 0 Å². The molecule has 1 unspecified atom stereocenters. The molecule has 4 rings (SSSR count). The second-order valence-electron chi connectivity index (χ2n) is 7.95. The van der Waals surface area contributed by atoms with Crippen LogP contribution in [0.3, 0.4) is 0 Å². The van der Waals surface area contributed by atoms with E-state index in [2.05, 4.69) is 16.3 Å². The van der Waals surface area contributed by atoms with E-state index >= 15 is 0 Å². The number of amides is 2. The number of anilines is 2. The van der Waals surface area contributed by atoms with Gasteiger partial charge in [-0.1, -0.05) is 12.1 Å². The normalized spacial score (nSPS) is 18.9. The van der Waals surface area contributed by atoms with Gasteiger partial charge in [0.15, 0.2) is 0 Å². The van der Waals surface area contributed by atoms with Gasteiger partial charge in [0, 0.05) is 25.2 Å². The van der Waals surface area contributed by atoms with Crippen molar-refractivity contribution in [2.45, 2.75) is 38.1 Å². The minimum Gasteiger partial charge on any atom is -0.497 e. The van der Waals surface area contributed by atoms with Crippen LogP contribution in [0.25, 0.3) is 0 Å². The highest BCUT2D eigenvalue weighted by molar-refractivity contribution is 5.93. The lowest BCUT2D eigenvalue weighted by molar-refractivity contribution is 0.206. The number of nitrogens with one attached hydrogen (secondary N) is 1. The maximum Gasteiger partial charge on any atom is 0.322 e. The third-order valence-electron chi connectivity index (χ3n) is 6.15. The molecule has 1 atom stereocenters. The number of benzene rings is 2. The Morgan fingerprint density at radius 2 is 1.77 bits per heavy atom. The lowest BCUT2D eigenvalue weighted by atomic mass is 10.0. The summed E-state index contributed by atoms with van der Waals surface area (Å²) >= 11 is 0. The zero-order valence-corrected chi connectivity index (χ0v) is 17.9. The number of carbonyl (C=O) groups excluding carboxylic acids is 1. The molecule has 2 aliphatic heterocycles. The lowest BCUT2D eigenvalue weighted by Gasteiger charge is -2.31. The first-order valence-electron chi connectivity index (χ1n) is 10.8. The van der Waals surface area contributed by atoms with Gasteiger partial charge < -0.3 is 24.6 Å². The molecular formula is C24H31N3O3. The Kier molecular flexibility index (Phi) is 6.31. The van der Waals surface area contributed by atoms with Crippen molar-refractivity contribution in [1.82, 2.24) is 4.90 Å². The van der Waals surface area contributed by atoms with E-state index in [-0.39, 0.29) is 12.1 Å². The third-order valence-corrected chi connectivity index (χ3v) is 6.15. The Hall–Kier alpha value is -2.89. The monoisotopic (exact) mass is 409 g/mol. The van der Waals surface area contributed by atoms with Crippen LogP contribution in [-0.4, -0.2) is 44.8 Å². The summed E-state index contributed by atoms with van der Waals surface area (Å²) < 4.78 is 11.0. The molecule has 2 heterocycles. The molecule has 2 amide bonds. The summed E-state index contributed by atoms with van der Waals surface area (Å²) in [5.74, 6) is 1.56. The standard InChI is InChI=1S/C24H31N3O3/c1-29-18-12-13-23(30-2)19(17-18)21-11-8-16-27(21)24(28)25-20-9-4-5-10-22(20)26-14-6-3-7-15-26/h4-5,9-10,12-13,17,21H,3,6-8,11,14-16H2,1-2H3,(H,25,28). The number of nitrogens with zero attached hydrogens (tertiary/aromatic N) is 2. The number of likely N-dealkylation sites (tertiary alicyclic amines) is 1. The van der Waals surface area contributed by atoms with Crippen LogP contribution < -0.4 is 19.7 Å². The molecule has 0 radical (unpaired) electrons. The molecule has 0 aliphatic carbocycles. The predicted octanol–water partition coefficient (Wildman–Crippen LogP) is 5.06. The maximum absolute atomic E-state index is 13.3. The fourth-order valence-corrected chi connectivity index (χ4v) is 4.61. The topological polar surface area (TPSA) is 54.0 Å². The summed E-state index contributed by atoms with van der Waals surface area (Å²) in [5.41, 5.74) is 2.99. The third kappa shape index (κ3) is 4.18. The first kappa shape index (κ1) is 20.4. The number of hydrogen-bond acceptors (Lipinski definition) is 4. The van der Waals surface area contributed by atoms with Crippen LogP contribution in [0, 0.1) is 0 Å². The fourth-order valence-electron chi connectivity index (χ4n) is 4.61. The van der Waals surface area contributed by atoms with Crippen molar-refractivity contribution >= 4 is 17.4 Å². The molecule has 2 aromatic rings. The maximum atomic E-state index is 13.3. The number of rotatable bonds is 5. The van der Waals surface area contributed by atoms with Crippen LogP contribution in [0.5, 0.6) is 11.5 Å². The van der Waals surface area contributed by atoms with E-state index in [0.29, 0.717) is 0 Å². The second kappa shape index (κ2) is 9.28. The Labute approximate surface area is 178 Å². The van der Waals surface area contributed by atoms with Crippen LogP contribution in [0.1, 0.15) is 43.7 Å². The van der Waals surface area contributed by atoms with Gasteiger partial charge >= 0.3 is 6.03 Å². The van der Waals surface area contributed by atoms with Crippen molar-refractivity contribution in [1.29, 1.82) is 0 Å². The summed E-state index contributed by atoms with van der Waals surface area (Å²) in [6.45, 7) is 2.81. The van der Waals surface area contributed by atoms with E-state index in [9.17, 15) is 4.79 Å². The average Bonchev–Trinajstić information content (AvgIpc) is 3.29. The molecule has 0 aromatic heterocycles. The average molecular weight is 410 g/mol. The molecule has 0 bridgehead atoms. The number of carbonyl (C=O) groups is 1. The van der Waals surface area contributed by atoms with E-state index in [1.807, 2.05) is 41.3 Å². The van der Waals surface area contributed by atoms with E-state index in [1.54, 1.807) is 14.2 Å². The molecule has 160 valence electrons. The Bertz CT molecular complexity index is 880. The highest BCUT2D eigenvalue weighted by Crippen LogP contribution is 2.39. The first-order valence-corrected chi connectivity index (χ1v) is 10.8. The van der Waals surface area contributed by atoms with Crippen molar-refractivity contribution in [3.8, 4) is 11.5 Å². The van der Waals surface area contributed by atoms with Crippen molar-refractivity contribution < 1.29 is 14.3 Å². The van der Waals surface area contributed by atoms with Gasteiger partial charge in [-0.25, -0.2) is 4.79 Å². The quantitative estimate of drug-likeness (QED) is 0.750. The predicted molar refractivity (Wildman–Crippen MR) is 120 cm³/mol. The number of piperidine rings is 1. The van der Waals surface area contributed by atoms with Crippen molar-refractivity contribution in [2.24, 2.45) is 0 Å². The van der Waals surface area contributed by atoms with Gasteiger partial charge in [-0.3, -0.25) is 0 Å². The van der Waals surface area contributed by atoms with Gasteiger partial charge in [-0.2, -0.15) is 0 Å². The number of hydrogen-bond donors (Lipinski definition) is 1. The molecule has 2 fully saturated rings. The summed E-state index contributed by atoms with van der Waals surface area (Å²) in [6, 6.07) is 13.8. The van der Waals surface area contributed by atoms with Gasteiger partial charge in [0.05, 0.1) is 31.6 Å². The lowest BCUT2D eigenvalue weighted by Crippen LogP contribution is -2.36. The summed E-state index contributed by atoms with van der Waals surface area (Å²) in [6.07, 6.45) is 5.55. The summed E-state index contributed by atoms with van der Waals surface area (Å²) in [5, 5.41) is 3.19. The molecule has 2 aromatic carbocycles. The van der Waals surface area contributed by atoms with Gasteiger partial charge in [0.25, 0.3) is 0 Å². The van der Waals surface area contributed by atoms with E-state index < -0.39 is 0 Å². The molecule has 1 N–H and O–H groups in total. The molecule has 6 heteroatoms. The van der Waals surface area contributed by atoms with Gasteiger partial charge in [0.1, 0.15) is 11.5 Å². The number of ether oxygens (including phenoxy) is 2. The molecule has 30 heavy (non-hydrogen) atoms. The molecule has 2 saturated heterocycles. The molecular weight excluding hydrogens is 378 g/mol. The zero-order chi connectivity index (χ0) is 20.9. The molecule has 0 spiro atoms. The fraction of sp³-hybridized carbons (Fsp3) is 0.458. The Morgan fingerprint density at radius 3 is 2.53 bits per heavy atom. The Morgan fingerprint density at radius 1 is 0.967 bits per heavy atom. The highest BCUT2D eigenvalue weighted by Gasteiger charge is 2.32. The van der Waals surface area contributed by atoms with Crippen molar-refractivity contribution in [2.75, 3.05) is 44.1 Å². The number of methoxy groups -OCH3 is 2. The molecule has 2 aliphatic rings. The molecule has 6 nitrogen and oxygen atoms in total. The van der Waals surface area contributed by atoms with Crippen LogP contribution in [0.2, 0.25) is 0 Å². The van der Waals surface area contributed by atoms with Crippen LogP contribution >= 0.6 is 0 Å². The SMILES string of the molecule is COc1ccc(OC)c(C2CCCN2C(=O)Nc2ccccc2N2CCCCC2)c1. The largest absolute Gasteiger partial charge is 0.497 e. The minimum absolute atomic E-state index is 0.0304. The smallest absolute Gasteiger partial charge is 0.322 e. The number of para-hydroxylation sites is 2. The summed E-state index contributed by atoms with van der Waals surface area (Å²) in [4.78, 5) is 17.6. The van der Waals surface area contributed by atoms with Gasteiger partial charge in [-0.15, -0.1) is 0 Å². The Balaban J connectivity index is 1.56. The minimum atomic E-state index is -0.0631. The van der Waals surface area contributed by atoms with E-state index in [0.717, 1.165) is 60.9 Å². The van der Waals surface area contributed by atoms with Crippen LogP contribution in [-0.2, 0) is 0 Å².